The summed E-state index contributed by atoms with van der Waals surface area (Å²) >= 11 is 8.49. The van der Waals surface area contributed by atoms with Crippen molar-refractivity contribution >= 4 is 38.8 Å². The number of nitrogens with zero attached hydrogens (tertiary/aromatic N) is 1. The average molecular weight is 331 g/mol. The Labute approximate surface area is 122 Å². The Kier molecular flexibility index (Phi) is 6.60. The number of aliphatic hydroxyl groups excluding tert-OH is 1. The quantitative estimate of drug-likeness (QED) is 0.596. The standard InChI is InChI=1S/C13H19BrN2OS/c1-16(7-3-2-4-8-17)12-6-5-10(13(15)18)9-11(12)14/h5-6,9,17H,2-4,7-8H2,1H3,(H2,15,18). The second-order valence-electron chi connectivity index (χ2n) is 4.24. The molecule has 0 fully saturated rings. The van der Waals surface area contributed by atoms with Gasteiger partial charge in [-0.25, -0.2) is 0 Å². The van der Waals surface area contributed by atoms with Gasteiger partial charge in [-0.2, -0.15) is 0 Å². The average Bonchev–Trinajstić information content (AvgIpc) is 2.34. The van der Waals surface area contributed by atoms with E-state index in [0.29, 0.717) is 4.99 Å². The van der Waals surface area contributed by atoms with Crippen LogP contribution in [0.2, 0.25) is 0 Å². The third-order valence-corrected chi connectivity index (χ3v) is 3.67. The van der Waals surface area contributed by atoms with E-state index in [-0.39, 0.29) is 6.61 Å². The summed E-state index contributed by atoms with van der Waals surface area (Å²) in [6.07, 6.45) is 2.99. The van der Waals surface area contributed by atoms with Gasteiger partial charge < -0.3 is 15.7 Å². The third kappa shape index (κ3) is 4.55. The van der Waals surface area contributed by atoms with Crippen LogP contribution in [0.25, 0.3) is 0 Å². The molecule has 0 unspecified atom stereocenters. The number of nitrogens with two attached hydrogens (primary N) is 1. The predicted molar refractivity (Wildman–Crippen MR) is 84.2 cm³/mol. The second-order valence-corrected chi connectivity index (χ2v) is 5.53. The molecule has 5 heteroatoms. The van der Waals surface area contributed by atoms with Gasteiger partial charge >= 0.3 is 0 Å². The molecule has 0 aromatic heterocycles. The van der Waals surface area contributed by atoms with Gasteiger partial charge in [0, 0.05) is 30.2 Å². The number of halogens is 1. The summed E-state index contributed by atoms with van der Waals surface area (Å²) in [5, 5.41) is 8.73. The molecule has 0 atom stereocenters. The molecule has 100 valence electrons. The molecular weight excluding hydrogens is 312 g/mol. The van der Waals surface area contributed by atoms with E-state index in [1.807, 2.05) is 18.2 Å². The van der Waals surface area contributed by atoms with Crippen LogP contribution in [0.4, 0.5) is 5.69 Å². The number of aliphatic hydroxyl groups is 1. The van der Waals surface area contributed by atoms with Crippen LogP contribution in [0.15, 0.2) is 22.7 Å². The fourth-order valence-corrected chi connectivity index (χ4v) is 2.54. The SMILES string of the molecule is CN(CCCCCO)c1ccc(C(N)=S)cc1Br. The van der Waals surface area contributed by atoms with Crippen LogP contribution >= 0.6 is 28.1 Å². The second kappa shape index (κ2) is 7.71. The van der Waals surface area contributed by atoms with Gasteiger partial charge in [-0.3, -0.25) is 0 Å². The maximum absolute atomic E-state index is 8.73. The number of thiocarbonyl (C=S) groups is 1. The number of benzene rings is 1. The molecule has 1 rings (SSSR count). The van der Waals surface area contributed by atoms with Crippen molar-refractivity contribution in [1.29, 1.82) is 0 Å². The van der Waals surface area contributed by atoms with Crippen molar-refractivity contribution in [2.45, 2.75) is 19.3 Å². The van der Waals surface area contributed by atoms with Crippen molar-refractivity contribution < 1.29 is 5.11 Å². The fraction of sp³-hybridized carbons (Fsp3) is 0.462. The Balaban J connectivity index is 2.62. The monoisotopic (exact) mass is 330 g/mol. The number of unbranched alkanes of at least 4 members (excludes halogenated alkanes) is 2. The van der Waals surface area contributed by atoms with Crippen LogP contribution in [-0.2, 0) is 0 Å². The summed E-state index contributed by atoms with van der Waals surface area (Å²) in [5.41, 5.74) is 7.59. The van der Waals surface area contributed by atoms with Crippen LogP contribution < -0.4 is 10.6 Å². The fourth-order valence-electron chi connectivity index (χ4n) is 1.73. The van der Waals surface area contributed by atoms with Crippen molar-refractivity contribution in [2.75, 3.05) is 25.1 Å². The van der Waals surface area contributed by atoms with Crippen LogP contribution in [-0.4, -0.2) is 30.3 Å². The number of rotatable bonds is 7. The van der Waals surface area contributed by atoms with Crippen molar-refractivity contribution in [3.05, 3.63) is 28.2 Å². The summed E-state index contributed by atoms with van der Waals surface area (Å²) in [5.74, 6) is 0. The van der Waals surface area contributed by atoms with Gasteiger partial charge in [-0.05, 0) is 53.4 Å². The van der Waals surface area contributed by atoms with E-state index in [0.717, 1.165) is 41.5 Å². The number of hydrogen-bond acceptors (Lipinski definition) is 3. The van der Waals surface area contributed by atoms with Gasteiger partial charge in [0.1, 0.15) is 4.99 Å². The molecule has 0 radical (unpaired) electrons. The Morgan fingerprint density at radius 3 is 2.67 bits per heavy atom. The minimum Gasteiger partial charge on any atom is -0.396 e. The Hall–Kier alpha value is -0.650. The highest BCUT2D eigenvalue weighted by atomic mass is 79.9. The zero-order valence-corrected chi connectivity index (χ0v) is 12.9. The molecule has 0 amide bonds. The molecule has 0 spiro atoms. The zero-order chi connectivity index (χ0) is 13.5. The van der Waals surface area contributed by atoms with Gasteiger partial charge in [-0.15, -0.1) is 0 Å². The Morgan fingerprint density at radius 2 is 2.11 bits per heavy atom. The van der Waals surface area contributed by atoms with Crippen LogP contribution in [0.5, 0.6) is 0 Å². The summed E-state index contributed by atoms with van der Waals surface area (Å²) in [7, 11) is 2.06. The first-order chi connectivity index (χ1) is 8.56. The van der Waals surface area contributed by atoms with Crippen molar-refractivity contribution in [3.63, 3.8) is 0 Å². The van der Waals surface area contributed by atoms with Crippen LogP contribution in [0.3, 0.4) is 0 Å². The molecule has 3 nitrogen and oxygen atoms in total. The van der Waals surface area contributed by atoms with E-state index in [1.54, 1.807) is 0 Å². The molecule has 0 aliphatic carbocycles. The number of hydrogen-bond donors (Lipinski definition) is 2. The van der Waals surface area contributed by atoms with E-state index in [9.17, 15) is 0 Å². The maximum atomic E-state index is 8.73. The van der Waals surface area contributed by atoms with E-state index in [2.05, 4.69) is 27.9 Å². The van der Waals surface area contributed by atoms with Gasteiger partial charge in [-0.1, -0.05) is 12.2 Å². The molecule has 0 saturated heterocycles. The van der Waals surface area contributed by atoms with Gasteiger partial charge in [0.25, 0.3) is 0 Å². The Morgan fingerprint density at radius 1 is 1.39 bits per heavy atom. The van der Waals surface area contributed by atoms with E-state index in [1.165, 1.54) is 0 Å². The van der Waals surface area contributed by atoms with Gasteiger partial charge in [0.05, 0.1) is 5.69 Å². The number of anilines is 1. The van der Waals surface area contributed by atoms with Crippen molar-refractivity contribution in [3.8, 4) is 0 Å². The summed E-state index contributed by atoms with van der Waals surface area (Å²) in [6, 6.07) is 5.90. The van der Waals surface area contributed by atoms with E-state index < -0.39 is 0 Å². The van der Waals surface area contributed by atoms with Crippen molar-refractivity contribution in [1.82, 2.24) is 0 Å². The Bertz CT molecular complexity index is 412. The molecule has 1 aromatic carbocycles. The lowest BCUT2D eigenvalue weighted by Gasteiger charge is -2.21. The molecule has 0 aliphatic heterocycles. The first-order valence-corrected chi connectivity index (χ1v) is 7.17. The highest BCUT2D eigenvalue weighted by Gasteiger charge is 2.07. The molecule has 3 N–H and O–H groups in total. The topological polar surface area (TPSA) is 49.5 Å². The lowest BCUT2D eigenvalue weighted by atomic mass is 10.2. The lowest BCUT2D eigenvalue weighted by molar-refractivity contribution is 0.283. The van der Waals surface area contributed by atoms with Crippen molar-refractivity contribution in [2.24, 2.45) is 5.73 Å². The summed E-state index contributed by atoms with van der Waals surface area (Å²) in [6.45, 7) is 1.24. The highest BCUT2D eigenvalue weighted by molar-refractivity contribution is 9.10. The third-order valence-electron chi connectivity index (χ3n) is 2.80. The highest BCUT2D eigenvalue weighted by Crippen LogP contribution is 2.26. The normalized spacial score (nSPS) is 10.4. The van der Waals surface area contributed by atoms with Crippen LogP contribution in [0.1, 0.15) is 24.8 Å². The van der Waals surface area contributed by atoms with E-state index >= 15 is 0 Å². The summed E-state index contributed by atoms with van der Waals surface area (Å²) < 4.78 is 0.998. The molecule has 18 heavy (non-hydrogen) atoms. The zero-order valence-electron chi connectivity index (χ0n) is 10.5. The van der Waals surface area contributed by atoms with Gasteiger partial charge in [0.15, 0.2) is 0 Å². The molecule has 0 aliphatic rings. The smallest absolute Gasteiger partial charge is 0.104 e. The molecular formula is C13H19BrN2OS. The molecule has 0 bridgehead atoms. The van der Waals surface area contributed by atoms with Gasteiger partial charge in [0.2, 0.25) is 0 Å². The largest absolute Gasteiger partial charge is 0.396 e. The van der Waals surface area contributed by atoms with Crippen LogP contribution in [0, 0.1) is 0 Å². The maximum Gasteiger partial charge on any atom is 0.104 e. The van der Waals surface area contributed by atoms with E-state index in [4.69, 9.17) is 23.1 Å². The summed E-state index contributed by atoms with van der Waals surface area (Å²) in [4.78, 5) is 2.60. The lowest BCUT2D eigenvalue weighted by Crippen LogP contribution is -2.19. The molecule has 0 saturated carbocycles. The minimum absolute atomic E-state index is 0.274. The molecule has 0 heterocycles. The minimum atomic E-state index is 0.274. The first-order valence-electron chi connectivity index (χ1n) is 5.97. The molecule has 1 aromatic rings. The predicted octanol–water partition coefficient (Wildman–Crippen LogP) is 2.68. The first kappa shape index (κ1) is 15.4.